The van der Waals surface area contributed by atoms with Crippen LogP contribution in [-0.4, -0.2) is 17.9 Å². The lowest BCUT2D eigenvalue weighted by Crippen LogP contribution is -2.21. The summed E-state index contributed by atoms with van der Waals surface area (Å²) in [6.45, 7) is 2.21. The van der Waals surface area contributed by atoms with Gasteiger partial charge in [0, 0.05) is 6.04 Å². The zero-order chi connectivity index (χ0) is 10.8. The molecule has 1 unspecified atom stereocenters. The SMILES string of the molecule is CCC(N)Cc1cc(O)c2c(c1)OCO2. The van der Waals surface area contributed by atoms with Crippen molar-refractivity contribution in [1.82, 2.24) is 0 Å². The normalized spacial score (nSPS) is 15.3. The smallest absolute Gasteiger partial charge is 0.231 e. The molecule has 2 rings (SSSR count). The van der Waals surface area contributed by atoms with Gasteiger partial charge < -0.3 is 20.3 Å². The van der Waals surface area contributed by atoms with E-state index in [2.05, 4.69) is 0 Å². The standard InChI is InChI=1S/C11H15NO3/c1-2-8(12)3-7-4-9(13)11-10(5-7)14-6-15-11/h4-5,8,13H,2-3,6,12H2,1H3. The Morgan fingerprint density at radius 2 is 2.27 bits per heavy atom. The Balaban J connectivity index is 2.23. The monoisotopic (exact) mass is 209 g/mol. The largest absolute Gasteiger partial charge is 0.504 e. The zero-order valence-electron chi connectivity index (χ0n) is 8.69. The first-order chi connectivity index (χ1) is 7.20. The van der Waals surface area contributed by atoms with Gasteiger partial charge in [-0.1, -0.05) is 6.92 Å². The number of ether oxygens (including phenoxy) is 2. The highest BCUT2D eigenvalue weighted by Crippen LogP contribution is 2.41. The Morgan fingerprint density at radius 1 is 1.47 bits per heavy atom. The molecule has 4 nitrogen and oxygen atoms in total. The van der Waals surface area contributed by atoms with Gasteiger partial charge in [-0.15, -0.1) is 0 Å². The van der Waals surface area contributed by atoms with Crippen molar-refractivity contribution in [3.05, 3.63) is 17.7 Å². The van der Waals surface area contributed by atoms with E-state index in [1.54, 1.807) is 6.07 Å². The second kappa shape index (κ2) is 3.98. The fourth-order valence-corrected chi connectivity index (χ4v) is 1.61. The van der Waals surface area contributed by atoms with E-state index in [1.165, 1.54) is 0 Å². The van der Waals surface area contributed by atoms with Crippen molar-refractivity contribution in [2.75, 3.05) is 6.79 Å². The molecule has 0 aromatic heterocycles. The minimum Gasteiger partial charge on any atom is -0.504 e. The van der Waals surface area contributed by atoms with Gasteiger partial charge in [-0.3, -0.25) is 0 Å². The highest BCUT2D eigenvalue weighted by Gasteiger charge is 2.19. The van der Waals surface area contributed by atoms with Crippen LogP contribution in [0.3, 0.4) is 0 Å². The molecule has 15 heavy (non-hydrogen) atoms. The number of rotatable bonds is 3. The molecule has 0 amide bonds. The maximum Gasteiger partial charge on any atom is 0.231 e. The molecule has 0 saturated heterocycles. The average molecular weight is 209 g/mol. The molecule has 0 fully saturated rings. The minimum absolute atomic E-state index is 0.116. The van der Waals surface area contributed by atoms with E-state index in [1.807, 2.05) is 13.0 Å². The van der Waals surface area contributed by atoms with Crippen LogP contribution in [0.2, 0.25) is 0 Å². The van der Waals surface area contributed by atoms with Gasteiger partial charge in [-0.05, 0) is 30.5 Å². The minimum atomic E-state index is 0.116. The van der Waals surface area contributed by atoms with Crippen LogP contribution in [0.4, 0.5) is 0 Å². The van der Waals surface area contributed by atoms with Crippen LogP contribution < -0.4 is 15.2 Å². The molecule has 0 radical (unpaired) electrons. The van der Waals surface area contributed by atoms with Crippen molar-refractivity contribution < 1.29 is 14.6 Å². The number of benzene rings is 1. The molecule has 1 aliphatic rings. The third-order valence-electron chi connectivity index (χ3n) is 2.53. The van der Waals surface area contributed by atoms with E-state index in [9.17, 15) is 5.11 Å². The lowest BCUT2D eigenvalue weighted by Gasteiger charge is -2.09. The van der Waals surface area contributed by atoms with Gasteiger partial charge >= 0.3 is 0 Å². The highest BCUT2D eigenvalue weighted by molar-refractivity contribution is 5.54. The van der Waals surface area contributed by atoms with Crippen molar-refractivity contribution in [3.8, 4) is 17.2 Å². The Kier molecular flexibility index (Phi) is 2.68. The zero-order valence-corrected chi connectivity index (χ0v) is 8.69. The summed E-state index contributed by atoms with van der Waals surface area (Å²) < 4.78 is 10.3. The fraction of sp³-hybridized carbons (Fsp3) is 0.455. The predicted octanol–water partition coefficient (Wildman–Crippen LogP) is 1.40. The Morgan fingerprint density at radius 3 is 3.00 bits per heavy atom. The molecular formula is C11H15NO3. The first-order valence-corrected chi connectivity index (χ1v) is 5.07. The molecule has 4 heteroatoms. The van der Waals surface area contributed by atoms with E-state index < -0.39 is 0 Å². The molecule has 0 aliphatic carbocycles. The fourth-order valence-electron chi connectivity index (χ4n) is 1.61. The summed E-state index contributed by atoms with van der Waals surface area (Å²) in [4.78, 5) is 0. The number of hydrogen-bond donors (Lipinski definition) is 2. The summed E-state index contributed by atoms with van der Waals surface area (Å²) in [6, 6.07) is 3.67. The number of nitrogens with two attached hydrogens (primary N) is 1. The van der Waals surface area contributed by atoms with E-state index in [4.69, 9.17) is 15.2 Å². The van der Waals surface area contributed by atoms with Gasteiger partial charge in [0.2, 0.25) is 12.5 Å². The van der Waals surface area contributed by atoms with Gasteiger partial charge in [0.25, 0.3) is 0 Å². The second-order valence-corrected chi connectivity index (χ2v) is 3.72. The van der Waals surface area contributed by atoms with Crippen LogP contribution in [-0.2, 0) is 6.42 Å². The van der Waals surface area contributed by atoms with Gasteiger partial charge in [0.15, 0.2) is 11.5 Å². The van der Waals surface area contributed by atoms with Crippen molar-refractivity contribution >= 4 is 0 Å². The number of hydrogen-bond acceptors (Lipinski definition) is 4. The molecule has 1 atom stereocenters. The molecule has 1 aromatic rings. The molecular weight excluding hydrogens is 194 g/mol. The van der Waals surface area contributed by atoms with Crippen LogP contribution >= 0.6 is 0 Å². The number of aromatic hydroxyl groups is 1. The van der Waals surface area contributed by atoms with E-state index in [-0.39, 0.29) is 18.6 Å². The van der Waals surface area contributed by atoms with Crippen molar-refractivity contribution in [1.29, 1.82) is 0 Å². The van der Waals surface area contributed by atoms with Crippen LogP contribution in [0.25, 0.3) is 0 Å². The quantitative estimate of drug-likeness (QED) is 0.789. The summed E-state index contributed by atoms with van der Waals surface area (Å²) in [5, 5.41) is 9.65. The van der Waals surface area contributed by atoms with Crippen molar-refractivity contribution in [3.63, 3.8) is 0 Å². The van der Waals surface area contributed by atoms with E-state index in [0.717, 1.165) is 18.4 Å². The van der Waals surface area contributed by atoms with Crippen molar-refractivity contribution in [2.24, 2.45) is 5.73 Å². The third-order valence-corrected chi connectivity index (χ3v) is 2.53. The highest BCUT2D eigenvalue weighted by atomic mass is 16.7. The Hall–Kier alpha value is -1.42. The molecule has 0 spiro atoms. The van der Waals surface area contributed by atoms with Crippen molar-refractivity contribution in [2.45, 2.75) is 25.8 Å². The Labute approximate surface area is 88.6 Å². The molecule has 3 N–H and O–H groups in total. The maximum atomic E-state index is 9.65. The van der Waals surface area contributed by atoms with Crippen LogP contribution in [0, 0.1) is 0 Å². The maximum absolute atomic E-state index is 9.65. The van der Waals surface area contributed by atoms with Gasteiger partial charge in [0.05, 0.1) is 0 Å². The summed E-state index contributed by atoms with van der Waals surface area (Å²) in [5.74, 6) is 1.17. The number of phenolic OH excluding ortho intramolecular Hbond substituents is 1. The number of fused-ring (bicyclic) bond motifs is 1. The molecule has 1 aromatic carbocycles. The third kappa shape index (κ3) is 1.99. The summed E-state index contributed by atoms with van der Waals surface area (Å²) in [7, 11) is 0. The molecule has 0 bridgehead atoms. The van der Waals surface area contributed by atoms with E-state index >= 15 is 0 Å². The topological polar surface area (TPSA) is 64.7 Å². The molecule has 1 heterocycles. The predicted molar refractivity (Wildman–Crippen MR) is 56.2 cm³/mol. The van der Waals surface area contributed by atoms with Crippen LogP contribution in [0.5, 0.6) is 17.2 Å². The van der Waals surface area contributed by atoms with E-state index in [0.29, 0.717) is 11.5 Å². The average Bonchev–Trinajstić information content (AvgIpc) is 2.66. The first kappa shape index (κ1) is 10.1. The van der Waals surface area contributed by atoms with Crippen LogP contribution in [0.15, 0.2) is 12.1 Å². The van der Waals surface area contributed by atoms with Crippen LogP contribution in [0.1, 0.15) is 18.9 Å². The number of phenols is 1. The van der Waals surface area contributed by atoms with Gasteiger partial charge in [-0.2, -0.15) is 0 Å². The van der Waals surface area contributed by atoms with Gasteiger partial charge in [-0.25, -0.2) is 0 Å². The summed E-state index contributed by atoms with van der Waals surface area (Å²) in [5.41, 5.74) is 6.82. The van der Waals surface area contributed by atoms with Gasteiger partial charge in [0.1, 0.15) is 0 Å². The summed E-state index contributed by atoms with van der Waals surface area (Å²) >= 11 is 0. The molecule has 0 saturated carbocycles. The molecule has 82 valence electrons. The Bertz CT molecular complexity index is 365. The lowest BCUT2D eigenvalue weighted by atomic mass is 10.0. The first-order valence-electron chi connectivity index (χ1n) is 5.07. The lowest BCUT2D eigenvalue weighted by molar-refractivity contribution is 0.171. The molecule has 1 aliphatic heterocycles. The second-order valence-electron chi connectivity index (χ2n) is 3.72. The summed E-state index contributed by atoms with van der Waals surface area (Å²) in [6.07, 6.45) is 1.65.